The standard InChI is InChI=1S/C4H4BF2O4/c1-5(7)10-3(8)2(6)4(9)11-5/h2H,1H3/q-1. The van der Waals surface area contributed by atoms with E-state index in [1.54, 1.807) is 0 Å². The van der Waals surface area contributed by atoms with Gasteiger partial charge in [-0.15, -0.1) is 0 Å². The van der Waals surface area contributed by atoms with Gasteiger partial charge in [-0.3, -0.25) is 9.59 Å². The fraction of sp³-hybridized carbons (Fsp3) is 0.500. The lowest BCUT2D eigenvalue weighted by atomic mass is 9.86. The van der Waals surface area contributed by atoms with Crippen LogP contribution in [0.15, 0.2) is 0 Å². The summed E-state index contributed by atoms with van der Waals surface area (Å²) in [4.78, 5) is 20.6. The lowest BCUT2D eigenvalue weighted by Crippen LogP contribution is -2.50. The largest absolute Gasteiger partial charge is 0.628 e. The summed E-state index contributed by atoms with van der Waals surface area (Å²) in [6.07, 6.45) is -2.51. The van der Waals surface area contributed by atoms with E-state index < -0.39 is 24.9 Å². The van der Waals surface area contributed by atoms with Gasteiger partial charge in [-0.1, -0.05) is 6.82 Å². The maximum absolute atomic E-state index is 12.6. The third-order valence-corrected chi connectivity index (χ3v) is 1.07. The van der Waals surface area contributed by atoms with Gasteiger partial charge in [0.2, 0.25) is 0 Å². The Kier molecular flexibility index (Phi) is 1.58. The van der Waals surface area contributed by atoms with E-state index in [-0.39, 0.29) is 0 Å². The Morgan fingerprint density at radius 2 is 1.73 bits per heavy atom. The molecule has 1 saturated heterocycles. The summed E-state index contributed by atoms with van der Waals surface area (Å²) in [5, 5.41) is 0. The average molecular weight is 165 g/mol. The van der Waals surface area contributed by atoms with E-state index in [9.17, 15) is 18.3 Å². The van der Waals surface area contributed by atoms with Crippen molar-refractivity contribution in [2.45, 2.75) is 13.0 Å². The van der Waals surface area contributed by atoms with E-state index in [4.69, 9.17) is 0 Å². The van der Waals surface area contributed by atoms with Gasteiger partial charge >= 0.3 is 18.8 Å². The SMILES string of the molecule is C[B-]1(F)OC(=O)C(F)C(=O)O1. The molecule has 0 atom stereocenters. The van der Waals surface area contributed by atoms with Crippen molar-refractivity contribution in [1.82, 2.24) is 0 Å². The van der Waals surface area contributed by atoms with E-state index in [0.717, 1.165) is 6.82 Å². The number of rotatable bonds is 0. The Labute approximate surface area is 60.5 Å². The first-order valence-electron chi connectivity index (χ1n) is 2.88. The summed E-state index contributed by atoms with van der Waals surface area (Å²) < 4.78 is 32.4. The highest BCUT2D eigenvalue weighted by atomic mass is 19.1. The summed E-state index contributed by atoms with van der Waals surface area (Å²) in [7, 11) is 0. The Balaban J connectivity index is 2.78. The van der Waals surface area contributed by atoms with Gasteiger partial charge in [0.15, 0.2) is 0 Å². The number of alkyl halides is 1. The first-order chi connectivity index (χ1) is 4.92. The molecule has 7 heteroatoms. The Bertz CT molecular complexity index is 196. The molecule has 1 aliphatic rings. The molecule has 1 rings (SSSR count). The van der Waals surface area contributed by atoms with Gasteiger partial charge in [0.25, 0.3) is 6.17 Å². The van der Waals surface area contributed by atoms with Crippen LogP contribution < -0.4 is 0 Å². The molecule has 1 aliphatic heterocycles. The molecule has 0 amide bonds. The molecule has 0 N–H and O–H groups in total. The Morgan fingerprint density at radius 1 is 1.36 bits per heavy atom. The highest BCUT2D eigenvalue weighted by molar-refractivity contribution is 6.63. The van der Waals surface area contributed by atoms with Gasteiger partial charge in [-0.25, -0.2) is 4.39 Å². The van der Waals surface area contributed by atoms with Gasteiger partial charge in [0.05, 0.1) is 0 Å². The summed E-state index contributed by atoms with van der Waals surface area (Å²) in [6.45, 7) is -2.70. The maximum Gasteiger partial charge on any atom is 0.526 e. The minimum Gasteiger partial charge on any atom is -0.628 e. The van der Waals surface area contributed by atoms with Gasteiger partial charge in [-0.05, 0) is 0 Å². The quantitative estimate of drug-likeness (QED) is 0.373. The van der Waals surface area contributed by atoms with Crippen molar-refractivity contribution in [2.24, 2.45) is 0 Å². The zero-order chi connectivity index (χ0) is 8.65. The summed E-state index contributed by atoms with van der Waals surface area (Å²) in [5.74, 6) is -3.07. The molecule has 0 aromatic heterocycles. The molecule has 1 heterocycles. The fourth-order valence-electron chi connectivity index (χ4n) is 0.655. The molecule has 0 aromatic rings. The predicted octanol–water partition coefficient (Wildman–Crippen LogP) is -0.0373. The Hall–Kier alpha value is -1.14. The number of halogens is 2. The lowest BCUT2D eigenvalue weighted by Gasteiger charge is -2.34. The number of hydrogen-bond donors (Lipinski definition) is 0. The predicted molar refractivity (Wildman–Crippen MR) is 29.8 cm³/mol. The van der Waals surface area contributed by atoms with Crippen LogP contribution >= 0.6 is 0 Å². The topological polar surface area (TPSA) is 52.6 Å². The Morgan fingerprint density at radius 3 is 2.09 bits per heavy atom. The van der Waals surface area contributed by atoms with Crippen molar-refractivity contribution < 1.29 is 27.6 Å². The van der Waals surface area contributed by atoms with Crippen LogP contribution in [-0.4, -0.2) is 24.9 Å². The summed E-state index contributed by atoms with van der Waals surface area (Å²) in [5.41, 5.74) is 0. The van der Waals surface area contributed by atoms with E-state index >= 15 is 0 Å². The normalized spacial score (nSPS) is 37.9. The molecule has 4 nitrogen and oxygen atoms in total. The van der Waals surface area contributed by atoms with Gasteiger partial charge in [0.1, 0.15) is 0 Å². The molecule has 0 bridgehead atoms. The molecule has 11 heavy (non-hydrogen) atoms. The molecular weight excluding hydrogens is 161 g/mol. The van der Waals surface area contributed by atoms with Crippen LogP contribution in [0.25, 0.3) is 0 Å². The molecular formula is C4H4BF2O4-. The van der Waals surface area contributed by atoms with E-state index in [1.807, 2.05) is 0 Å². The molecule has 62 valence electrons. The molecule has 0 radical (unpaired) electrons. The minimum absolute atomic E-state index is 0.752. The van der Waals surface area contributed by atoms with Crippen molar-refractivity contribution in [1.29, 1.82) is 0 Å². The summed E-state index contributed by atoms with van der Waals surface area (Å²) in [6, 6.07) is 0. The molecule has 0 aromatic carbocycles. The van der Waals surface area contributed by atoms with Crippen molar-refractivity contribution in [3.05, 3.63) is 0 Å². The first-order valence-corrected chi connectivity index (χ1v) is 2.88. The van der Waals surface area contributed by atoms with Crippen LogP contribution in [0, 0.1) is 0 Å². The second kappa shape index (κ2) is 2.18. The average Bonchev–Trinajstić information content (AvgIpc) is 1.81. The third-order valence-electron chi connectivity index (χ3n) is 1.07. The highest BCUT2D eigenvalue weighted by Gasteiger charge is 2.42. The second-order valence-electron chi connectivity index (χ2n) is 2.20. The third kappa shape index (κ3) is 1.47. The van der Waals surface area contributed by atoms with Gasteiger partial charge in [-0.2, -0.15) is 0 Å². The van der Waals surface area contributed by atoms with Crippen LogP contribution in [0.4, 0.5) is 8.71 Å². The van der Waals surface area contributed by atoms with Crippen molar-refractivity contribution in [2.75, 3.05) is 0 Å². The van der Waals surface area contributed by atoms with Crippen LogP contribution in [0.5, 0.6) is 0 Å². The first kappa shape index (κ1) is 7.97. The van der Waals surface area contributed by atoms with Crippen LogP contribution in [0.1, 0.15) is 0 Å². The summed E-state index contributed by atoms with van der Waals surface area (Å²) >= 11 is 0. The minimum atomic E-state index is -3.45. The number of carbonyl (C=O) groups is 2. The molecule has 0 spiro atoms. The van der Waals surface area contributed by atoms with E-state index in [1.165, 1.54) is 0 Å². The molecule has 0 saturated carbocycles. The highest BCUT2D eigenvalue weighted by Crippen LogP contribution is 2.18. The van der Waals surface area contributed by atoms with Crippen LogP contribution in [0.3, 0.4) is 0 Å². The van der Waals surface area contributed by atoms with Crippen molar-refractivity contribution >= 4 is 18.8 Å². The zero-order valence-corrected chi connectivity index (χ0v) is 5.54. The van der Waals surface area contributed by atoms with E-state index in [0.29, 0.717) is 0 Å². The van der Waals surface area contributed by atoms with E-state index in [2.05, 4.69) is 9.31 Å². The second-order valence-corrected chi connectivity index (χ2v) is 2.20. The van der Waals surface area contributed by atoms with Crippen LogP contribution in [0.2, 0.25) is 6.82 Å². The fourth-order valence-corrected chi connectivity index (χ4v) is 0.655. The monoisotopic (exact) mass is 165 g/mol. The van der Waals surface area contributed by atoms with Gasteiger partial charge < -0.3 is 13.6 Å². The van der Waals surface area contributed by atoms with Crippen molar-refractivity contribution in [3.8, 4) is 0 Å². The lowest BCUT2D eigenvalue weighted by molar-refractivity contribution is -0.164. The zero-order valence-electron chi connectivity index (χ0n) is 5.54. The van der Waals surface area contributed by atoms with Crippen molar-refractivity contribution in [3.63, 3.8) is 0 Å². The molecule has 0 aliphatic carbocycles. The number of carbonyl (C=O) groups excluding carboxylic acids is 2. The smallest absolute Gasteiger partial charge is 0.526 e. The maximum atomic E-state index is 12.6. The number of hydrogen-bond acceptors (Lipinski definition) is 4. The molecule has 0 unspecified atom stereocenters. The molecule has 1 fully saturated rings. The van der Waals surface area contributed by atoms with Crippen LogP contribution in [-0.2, 0) is 18.9 Å². The van der Waals surface area contributed by atoms with Gasteiger partial charge in [0, 0.05) is 0 Å².